The summed E-state index contributed by atoms with van der Waals surface area (Å²) in [7, 11) is -1.93. The molecule has 0 fully saturated rings. The first-order valence-electron chi connectivity index (χ1n) is 8.26. The van der Waals surface area contributed by atoms with E-state index in [9.17, 15) is 8.42 Å². The third-order valence-corrected chi connectivity index (χ3v) is 5.71. The summed E-state index contributed by atoms with van der Waals surface area (Å²) in [4.78, 5) is 0.315. The van der Waals surface area contributed by atoms with E-state index in [0.717, 1.165) is 36.0 Å². The average molecular weight is 343 g/mol. The largest absolute Gasteiger partial charge is 0.276 e. The molecule has 24 heavy (non-hydrogen) atoms. The van der Waals surface area contributed by atoms with Crippen molar-refractivity contribution in [3.8, 4) is 0 Å². The molecule has 0 radical (unpaired) electrons. The Kier molecular flexibility index (Phi) is 6.21. The van der Waals surface area contributed by atoms with E-state index in [4.69, 9.17) is 0 Å². The molecular formula is C20H25NO2S. The van der Waals surface area contributed by atoms with Crippen molar-refractivity contribution in [2.24, 2.45) is 0 Å². The minimum atomic E-state index is -3.53. The second-order valence-electron chi connectivity index (χ2n) is 5.96. The van der Waals surface area contributed by atoms with Gasteiger partial charge in [0.2, 0.25) is 0 Å². The van der Waals surface area contributed by atoms with Crippen LogP contribution in [0.3, 0.4) is 0 Å². The van der Waals surface area contributed by atoms with Crippen LogP contribution >= 0.6 is 0 Å². The molecule has 0 atom stereocenters. The number of aryl methyl sites for hydroxylation is 1. The normalized spacial score (nSPS) is 12.2. The van der Waals surface area contributed by atoms with Gasteiger partial charge in [-0.3, -0.25) is 4.31 Å². The van der Waals surface area contributed by atoms with Crippen molar-refractivity contribution in [3.63, 3.8) is 0 Å². The lowest BCUT2D eigenvalue weighted by atomic mass is 10.0. The van der Waals surface area contributed by atoms with Crippen molar-refractivity contribution < 1.29 is 8.42 Å². The molecule has 2 aromatic carbocycles. The molecule has 2 aromatic rings. The van der Waals surface area contributed by atoms with Crippen LogP contribution in [-0.2, 0) is 10.0 Å². The third kappa shape index (κ3) is 4.48. The molecule has 0 spiro atoms. The molecule has 0 aliphatic heterocycles. The molecular weight excluding hydrogens is 318 g/mol. The summed E-state index contributed by atoms with van der Waals surface area (Å²) in [5.74, 6) is 0. The van der Waals surface area contributed by atoms with E-state index in [1.807, 2.05) is 49.4 Å². The van der Waals surface area contributed by atoms with Crippen molar-refractivity contribution in [1.82, 2.24) is 4.31 Å². The summed E-state index contributed by atoms with van der Waals surface area (Å²) >= 11 is 0. The summed E-state index contributed by atoms with van der Waals surface area (Å²) in [6.07, 6.45) is 4.70. The summed E-state index contributed by atoms with van der Waals surface area (Å²) < 4.78 is 26.9. The number of rotatable bonds is 7. The maximum atomic E-state index is 12.8. The molecule has 128 valence electrons. The van der Waals surface area contributed by atoms with Crippen LogP contribution in [-0.4, -0.2) is 19.8 Å². The van der Waals surface area contributed by atoms with Gasteiger partial charge >= 0.3 is 0 Å². The Hall–Kier alpha value is -2.07. The number of allylic oxidation sites excluding steroid dienone is 1. The van der Waals surface area contributed by atoms with Crippen molar-refractivity contribution in [2.75, 3.05) is 7.05 Å². The first-order valence-corrected chi connectivity index (χ1v) is 9.70. The molecule has 0 unspecified atom stereocenters. The van der Waals surface area contributed by atoms with Crippen molar-refractivity contribution >= 4 is 15.6 Å². The Labute approximate surface area is 145 Å². The highest BCUT2D eigenvalue weighted by molar-refractivity contribution is 7.89. The van der Waals surface area contributed by atoms with Gasteiger partial charge in [-0.1, -0.05) is 61.4 Å². The fourth-order valence-electron chi connectivity index (χ4n) is 2.47. The summed E-state index contributed by atoms with van der Waals surface area (Å²) in [5, 5.41) is 0. The molecule has 3 nitrogen and oxygen atoms in total. The molecule has 0 amide bonds. The number of benzene rings is 2. The highest BCUT2D eigenvalue weighted by atomic mass is 32.2. The van der Waals surface area contributed by atoms with Crippen molar-refractivity contribution in [2.45, 2.75) is 38.0 Å². The number of nitrogens with zero attached hydrogens (tertiary/aromatic N) is 1. The average Bonchev–Trinajstić information content (AvgIpc) is 2.59. The zero-order valence-electron chi connectivity index (χ0n) is 14.6. The molecule has 0 heterocycles. The molecule has 0 aliphatic carbocycles. The number of hydrogen-bond donors (Lipinski definition) is 0. The van der Waals surface area contributed by atoms with E-state index in [-0.39, 0.29) is 0 Å². The summed E-state index contributed by atoms with van der Waals surface area (Å²) in [6, 6.07) is 16.9. The Morgan fingerprint density at radius 3 is 2.25 bits per heavy atom. The molecule has 0 saturated carbocycles. The predicted molar refractivity (Wildman–Crippen MR) is 100 cm³/mol. The minimum absolute atomic E-state index is 0.315. The highest BCUT2D eigenvalue weighted by Crippen LogP contribution is 2.23. The van der Waals surface area contributed by atoms with Gasteiger partial charge < -0.3 is 0 Å². The number of hydrogen-bond acceptors (Lipinski definition) is 2. The second-order valence-corrected chi connectivity index (χ2v) is 7.96. The van der Waals surface area contributed by atoms with E-state index < -0.39 is 10.0 Å². The lowest BCUT2D eigenvalue weighted by Gasteiger charge is -2.18. The topological polar surface area (TPSA) is 37.4 Å². The zero-order chi connectivity index (χ0) is 17.6. The van der Waals surface area contributed by atoms with E-state index in [1.165, 1.54) is 4.31 Å². The Morgan fingerprint density at radius 1 is 1.04 bits per heavy atom. The van der Waals surface area contributed by atoms with Crippen LogP contribution in [0.2, 0.25) is 0 Å². The van der Waals surface area contributed by atoms with Gasteiger partial charge in [-0.05, 0) is 43.0 Å². The van der Waals surface area contributed by atoms with Gasteiger partial charge in [-0.15, -0.1) is 0 Å². The lowest BCUT2D eigenvalue weighted by molar-refractivity contribution is 0.539. The van der Waals surface area contributed by atoms with Crippen LogP contribution < -0.4 is 0 Å². The van der Waals surface area contributed by atoms with Gasteiger partial charge in [0, 0.05) is 13.2 Å². The summed E-state index contributed by atoms with van der Waals surface area (Å²) in [6.45, 7) is 4.08. The van der Waals surface area contributed by atoms with E-state index >= 15 is 0 Å². The van der Waals surface area contributed by atoms with E-state index in [1.54, 1.807) is 25.4 Å². The van der Waals surface area contributed by atoms with Gasteiger partial charge in [0.05, 0.1) is 4.90 Å². The number of sulfonamides is 1. The van der Waals surface area contributed by atoms with E-state index in [2.05, 4.69) is 6.92 Å². The second kappa shape index (κ2) is 8.15. The molecule has 0 aliphatic rings. The first kappa shape index (κ1) is 18.3. The Bertz CT molecular complexity index is 778. The smallest absolute Gasteiger partial charge is 0.263 e. The SMILES string of the molecule is CCCC/C(=C/N(C)S(=O)(=O)c1ccc(C)cc1)c1ccccc1. The van der Waals surface area contributed by atoms with Crippen LogP contribution in [0.1, 0.15) is 37.3 Å². The van der Waals surface area contributed by atoms with Crippen molar-refractivity contribution in [1.29, 1.82) is 0 Å². The zero-order valence-corrected chi connectivity index (χ0v) is 15.4. The number of unbranched alkanes of at least 4 members (excludes halogenated alkanes) is 1. The quantitative estimate of drug-likeness (QED) is 0.721. The van der Waals surface area contributed by atoms with Gasteiger partial charge in [-0.25, -0.2) is 8.42 Å². The van der Waals surface area contributed by atoms with Gasteiger partial charge in [0.15, 0.2) is 0 Å². The summed E-state index contributed by atoms with van der Waals surface area (Å²) in [5.41, 5.74) is 3.15. The van der Waals surface area contributed by atoms with Crippen LogP contribution in [0.5, 0.6) is 0 Å². The molecule has 0 saturated heterocycles. The predicted octanol–water partition coefficient (Wildman–Crippen LogP) is 4.85. The maximum Gasteiger partial charge on any atom is 0.263 e. The van der Waals surface area contributed by atoms with Crippen LogP contribution in [0.25, 0.3) is 5.57 Å². The maximum absolute atomic E-state index is 12.8. The van der Waals surface area contributed by atoms with Crippen LogP contribution in [0.4, 0.5) is 0 Å². The Balaban J connectivity index is 2.35. The first-order chi connectivity index (χ1) is 11.4. The fourth-order valence-corrected chi connectivity index (χ4v) is 3.55. The Morgan fingerprint density at radius 2 is 1.67 bits per heavy atom. The van der Waals surface area contributed by atoms with Gasteiger partial charge in [-0.2, -0.15) is 0 Å². The van der Waals surface area contributed by atoms with Gasteiger partial charge in [0.1, 0.15) is 0 Å². The molecule has 0 aromatic heterocycles. The van der Waals surface area contributed by atoms with Gasteiger partial charge in [0.25, 0.3) is 10.0 Å². The minimum Gasteiger partial charge on any atom is -0.276 e. The lowest BCUT2D eigenvalue weighted by Crippen LogP contribution is -2.22. The highest BCUT2D eigenvalue weighted by Gasteiger charge is 2.18. The standard InChI is InChI=1S/C20H25NO2S/c1-4-5-9-19(18-10-7-6-8-11-18)16-21(3)24(22,23)20-14-12-17(2)13-15-20/h6-8,10-16H,4-5,9H2,1-3H3/b19-16-. The van der Waals surface area contributed by atoms with E-state index in [0.29, 0.717) is 4.90 Å². The third-order valence-electron chi connectivity index (χ3n) is 3.98. The molecule has 0 bridgehead atoms. The van der Waals surface area contributed by atoms with Crippen LogP contribution in [0.15, 0.2) is 65.7 Å². The molecule has 0 N–H and O–H groups in total. The van der Waals surface area contributed by atoms with Crippen molar-refractivity contribution in [3.05, 3.63) is 71.9 Å². The molecule has 2 rings (SSSR count). The molecule has 4 heteroatoms. The van der Waals surface area contributed by atoms with Crippen LogP contribution in [0, 0.1) is 6.92 Å². The monoisotopic (exact) mass is 343 g/mol. The fraction of sp³-hybridized carbons (Fsp3) is 0.300.